The first-order chi connectivity index (χ1) is 8.50. The fourth-order valence-corrected chi connectivity index (χ4v) is 2.69. The predicted octanol–water partition coefficient (Wildman–Crippen LogP) is 2.71. The molecule has 1 saturated heterocycles. The lowest BCUT2D eigenvalue weighted by Crippen LogP contribution is -2.45. The van der Waals surface area contributed by atoms with Crippen LogP contribution in [0.25, 0.3) is 0 Å². The molecule has 1 amide bonds. The maximum Gasteiger partial charge on any atom is 0.220 e. The zero-order valence-electron chi connectivity index (χ0n) is 12.5. The highest BCUT2D eigenvalue weighted by atomic mass is 16.1. The third kappa shape index (κ3) is 4.60. The smallest absolute Gasteiger partial charge is 0.220 e. The first-order valence-electron chi connectivity index (χ1n) is 7.52. The van der Waals surface area contributed by atoms with Crippen LogP contribution in [-0.2, 0) is 4.79 Å². The molecular weight excluding hydrogens is 224 g/mol. The number of nitrogens with one attached hydrogen (secondary N) is 2. The van der Waals surface area contributed by atoms with Gasteiger partial charge in [0.2, 0.25) is 5.91 Å². The van der Waals surface area contributed by atoms with Crippen LogP contribution in [0.3, 0.4) is 0 Å². The van der Waals surface area contributed by atoms with Crippen molar-refractivity contribution in [1.82, 2.24) is 10.6 Å². The van der Waals surface area contributed by atoms with Crippen molar-refractivity contribution < 1.29 is 4.79 Å². The Morgan fingerprint density at radius 2 is 1.89 bits per heavy atom. The molecule has 0 saturated carbocycles. The molecule has 0 aromatic carbocycles. The van der Waals surface area contributed by atoms with Gasteiger partial charge in [0.1, 0.15) is 0 Å². The van der Waals surface area contributed by atoms with E-state index in [0.29, 0.717) is 18.3 Å². The zero-order chi connectivity index (χ0) is 13.6. The Morgan fingerprint density at radius 3 is 2.39 bits per heavy atom. The van der Waals surface area contributed by atoms with Crippen molar-refractivity contribution in [2.45, 2.75) is 65.3 Å². The van der Waals surface area contributed by atoms with Gasteiger partial charge in [-0.25, -0.2) is 0 Å². The Hall–Kier alpha value is -0.570. The molecule has 0 bridgehead atoms. The number of amides is 1. The van der Waals surface area contributed by atoms with E-state index in [-0.39, 0.29) is 11.4 Å². The number of piperidine rings is 1. The van der Waals surface area contributed by atoms with Crippen LogP contribution in [0.2, 0.25) is 0 Å². The summed E-state index contributed by atoms with van der Waals surface area (Å²) in [6.45, 7) is 10.9. The summed E-state index contributed by atoms with van der Waals surface area (Å²) >= 11 is 0. The molecule has 1 fully saturated rings. The molecule has 0 aromatic heterocycles. The van der Waals surface area contributed by atoms with Crippen LogP contribution in [0, 0.1) is 11.8 Å². The molecular formula is C15H30N2O. The van der Waals surface area contributed by atoms with Gasteiger partial charge in [0.05, 0.1) is 0 Å². The molecule has 1 aliphatic heterocycles. The molecule has 1 unspecified atom stereocenters. The second-order valence-electron chi connectivity index (χ2n) is 6.08. The van der Waals surface area contributed by atoms with E-state index in [1.807, 2.05) is 0 Å². The number of hydrogen-bond donors (Lipinski definition) is 2. The number of carbonyl (C=O) groups is 1. The molecule has 1 atom stereocenters. The van der Waals surface area contributed by atoms with Gasteiger partial charge in [0.15, 0.2) is 0 Å². The fraction of sp³-hybridized carbons (Fsp3) is 0.933. The molecule has 1 heterocycles. The lowest BCUT2D eigenvalue weighted by Gasteiger charge is -2.31. The Labute approximate surface area is 112 Å². The van der Waals surface area contributed by atoms with E-state index in [2.05, 4.69) is 38.3 Å². The SMILES string of the molecule is CCC(C)(CC)NC(=O)CC(C)C1CCNCC1. The summed E-state index contributed by atoms with van der Waals surface area (Å²) in [6, 6.07) is 0. The van der Waals surface area contributed by atoms with Gasteiger partial charge in [-0.1, -0.05) is 20.8 Å². The minimum atomic E-state index is -0.0229. The summed E-state index contributed by atoms with van der Waals surface area (Å²) < 4.78 is 0. The lowest BCUT2D eigenvalue weighted by atomic mass is 9.83. The van der Waals surface area contributed by atoms with Crippen molar-refractivity contribution in [2.75, 3.05) is 13.1 Å². The van der Waals surface area contributed by atoms with E-state index in [1.165, 1.54) is 12.8 Å². The van der Waals surface area contributed by atoms with E-state index in [1.54, 1.807) is 0 Å². The molecule has 2 N–H and O–H groups in total. The van der Waals surface area contributed by atoms with Crippen molar-refractivity contribution in [3.05, 3.63) is 0 Å². The zero-order valence-corrected chi connectivity index (χ0v) is 12.5. The van der Waals surface area contributed by atoms with Crippen LogP contribution >= 0.6 is 0 Å². The van der Waals surface area contributed by atoms with E-state index in [0.717, 1.165) is 25.9 Å². The molecule has 0 aromatic rings. The van der Waals surface area contributed by atoms with Gasteiger partial charge in [-0.3, -0.25) is 4.79 Å². The number of carbonyl (C=O) groups excluding carboxylic acids is 1. The standard InChI is InChI=1S/C15H30N2O/c1-5-15(4,6-2)17-14(18)11-12(3)13-7-9-16-10-8-13/h12-13,16H,5-11H2,1-4H3,(H,17,18). The third-order valence-corrected chi connectivity index (χ3v) is 4.70. The van der Waals surface area contributed by atoms with Gasteiger partial charge in [0.25, 0.3) is 0 Å². The molecule has 0 radical (unpaired) electrons. The number of rotatable bonds is 6. The van der Waals surface area contributed by atoms with Crippen molar-refractivity contribution in [3.8, 4) is 0 Å². The second-order valence-corrected chi connectivity index (χ2v) is 6.08. The van der Waals surface area contributed by atoms with E-state index < -0.39 is 0 Å². The predicted molar refractivity (Wildman–Crippen MR) is 76.5 cm³/mol. The molecule has 0 aliphatic carbocycles. The van der Waals surface area contributed by atoms with Crippen molar-refractivity contribution in [3.63, 3.8) is 0 Å². The van der Waals surface area contributed by atoms with Crippen molar-refractivity contribution in [1.29, 1.82) is 0 Å². The van der Waals surface area contributed by atoms with E-state index in [9.17, 15) is 4.79 Å². The highest BCUT2D eigenvalue weighted by Gasteiger charge is 2.25. The quantitative estimate of drug-likeness (QED) is 0.765. The van der Waals surface area contributed by atoms with Crippen LogP contribution in [0.15, 0.2) is 0 Å². The minimum absolute atomic E-state index is 0.0229. The summed E-state index contributed by atoms with van der Waals surface area (Å²) in [6.07, 6.45) is 5.11. The maximum absolute atomic E-state index is 12.1. The maximum atomic E-state index is 12.1. The van der Waals surface area contributed by atoms with E-state index in [4.69, 9.17) is 0 Å². The Balaban J connectivity index is 2.39. The average Bonchev–Trinajstić information content (AvgIpc) is 2.39. The molecule has 0 spiro atoms. The number of hydrogen-bond acceptors (Lipinski definition) is 2. The van der Waals surface area contributed by atoms with Crippen LogP contribution in [0.5, 0.6) is 0 Å². The summed E-state index contributed by atoms with van der Waals surface area (Å²) in [5.74, 6) is 1.45. The van der Waals surface area contributed by atoms with Crippen LogP contribution in [0.4, 0.5) is 0 Å². The second kappa shape index (κ2) is 7.13. The first-order valence-corrected chi connectivity index (χ1v) is 7.52. The highest BCUT2D eigenvalue weighted by Crippen LogP contribution is 2.24. The monoisotopic (exact) mass is 254 g/mol. The topological polar surface area (TPSA) is 41.1 Å². The van der Waals surface area contributed by atoms with Crippen molar-refractivity contribution >= 4 is 5.91 Å². The Kier molecular flexibility index (Phi) is 6.13. The minimum Gasteiger partial charge on any atom is -0.351 e. The van der Waals surface area contributed by atoms with Crippen LogP contribution < -0.4 is 10.6 Å². The summed E-state index contributed by atoms with van der Waals surface area (Å²) in [7, 11) is 0. The molecule has 3 heteroatoms. The molecule has 18 heavy (non-hydrogen) atoms. The van der Waals surface area contributed by atoms with Gasteiger partial charge in [0, 0.05) is 12.0 Å². The summed E-state index contributed by atoms with van der Waals surface area (Å²) in [4.78, 5) is 12.1. The van der Waals surface area contributed by atoms with Crippen molar-refractivity contribution in [2.24, 2.45) is 11.8 Å². The lowest BCUT2D eigenvalue weighted by molar-refractivity contribution is -0.124. The summed E-state index contributed by atoms with van der Waals surface area (Å²) in [5, 5.41) is 6.59. The van der Waals surface area contributed by atoms with Gasteiger partial charge in [-0.05, 0) is 57.5 Å². The third-order valence-electron chi connectivity index (χ3n) is 4.70. The average molecular weight is 254 g/mol. The molecule has 1 rings (SSSR count). The molecule has 106 valence electrons. The van der Waals surface area contributed by atoms with E-state index >= 15 is 0 Å². The summed E-state index contributed by atoms with van der Waals surface area (Å²) in [5.41, 5.74) is -0.0229. The highest BCUT2D eigenvalue weighted by molar-refractivity contribution is 5.77. The van der Waals surface area contributed by atoms with Gasteiger partial charge in [-0.2, -0.15) is 0 Å². The molecule has 1 aliphatic rings. The van der Waals surface area contributed by atoms with Gasteiger partial charge >= 0.3 is 0 Å². The fourth-order valence-electron chi connectivity index (χ4n) is 2.69. The van der Waals surface area contributed by atoms with Gasteiger partial charge in [-0.15, -0.1) is 0 Å². The first kappa shape index (κ1) is 15.5. The van der Waals surface area contributed by atoms with Crippen LogP contribution in [0.1, 0.15) is 59.8 Å². The molecule has 3 nitrogen and oxygen atoms in total. The largest absolute Gasteiger partial charge is 0.351 e. The Morgan fingerprint density at radius 1 is 1.33 bits per heavy atom. The van der Waals surface area contributed by atoms with Crippen LogP contribution in [-0.4, -0.2) is 24.5 Å². The normalized spacial score (nSPS) is 19.6. The Bertz CT molecular complexity index is 255. The van der Waals surface area contributed by atoms with Gasteiger partial charge < -0.3 is 10.6 Å².